The highest BCUT2D eigenvalue weighted by molar-refractivity contribution is 8.03. The Bertz CT molecular complexity index is 705. The van der Waals surface area contributed by atoms with Crippen LogP contribution in [0.5, 0.6) is 0 Å². The summed E-state index contributed by atoms with van der Waals surface area (Å²) in [6.45, 7) is 0. The fourth-order valence-electron chi connectivity index (χ4n) is 2.02. The summed E-state index contributed by atoms with van der Waals surface area (Å²) in [7, 11) is 0. The number of ketones is 1. The number of fused-ring (bicyclic) bond motifs is 1. The molecule has 0 fully saturated rings. The lowest BCUT2D eigenvalue weighted by Gasteiger charge is -2.09. The van der Waals surface area contributed by atoms with Gasteiger partial charge in [-0.05, 0) is 6.07 Å². The minimum atomic E-state index is -0.554. The second kappa shape index (κ2) is 4.47. The van der Waals surface area contributed by atoms with Crippen molar-refractivity contribution in [2.75, 3.05) is 0 Å². The number of Topliss-reactive ketones (excluding diaryl/α,β-unsaturated/α-hetero) is 1. The van der Waals surface area contributed by atoms with Crippen LogP contribution >= 0.6 is 11.8 Å². The zero-order chi connectivity index (χ0) is 13.4. The monoisotopic (exact) mass is 273 g/mol. The SMILES string of the molecule is NC(=O)C1=CSC(C(=O)c2c[nH]c3ccccc23)N1. The number of hydrogen-bond donors (Lipinski definition) is 3. The van der Waals surface area contributed by atoms with Crippen LogP contribution in [0.2, 0.25) is 0 Å². The van der Waals surface area contributed by atoms with Crippen molar-refractivity contribution in [3.8, 4) is 0 Å². The predicted molar refractivity (Wildman–Crippen MR) is 74.4 cm³/mol. The summed E-state index contributed by atoms with van der Waals surface area (Å²) in [5, 5.41) is 4.79. The van der Waals surface area contributed by atoms with Crippen molar-refractivity contribution in [2.45, 2.75) is 5.37 Å². The van der Waals surface area contributed by atoms with Crippen molar-refractivity contribution < 1.29 is 9.59 Å². The van der Waals surface area contributed by atoms with Gasteiger partial charge in [-0.3, -0.25) is 9.59 Å². The van der Waals surface area contributed by atoms with Gasteiger partial charge in [-0.2, -0.15) is 0 Å². The Kier molecular flexibility index (Phi) is 2.79. The summed E-state index contributed by atoms with van der Waals surface area (Å²) in [5.74, 6) is -0.628. The molecule has 1 aromatic carbocycles. The van der Waals surface area contributed by atoms with Gasteiger partial charge in [-0.1, -0.05) is 30.0 Å². The number of carbonyl (C=O) groups is 2. The number of thioether (sulfide) groups is 1. The molecule has 0 bridgehead atoms. The van der Waals surface area contributed by atoms with E-state index < -0.39 is 11.3 Å². The van der Waals surface area contributed by atoms with Gasteiger partial charge in [0.05, 0.1) is 0 Å². The number of nitrogens with one attached hydrogen (secondary N) is 2. The minimum absolute atomic E-state index is 0.0741. The Morgan fingerprint density at radius 1 is 1.26 bits per heavy atom. The maximum absolute atomic E-state index is 12.4. The molecule has 2 aromatic rings. The van der Waals surface area contributed by atoms with Crippen LogP contribution in [-0.4, -0.2) is 22.0 Å². The fourth-order valence-corrected chi connectivity index (χ4v) is 2.92. The number of primary amides is 1. The summed E-state index contributed by atoms with van der Waals surface area (Å²) in [4.78, 5) is 26.5. The smallest absolute Gasteiger partial charge is 0.265 e. The second-order valence-corrected chi connectivity index (χ2v) is 5.15. The largest absolute Gasteiger partial charge is 0.364 e. The number of rotatable bonds is 3. The van der Waals surface area contributed by atoms with Crippen LogP contribution in [0.1, 0.15) is 10.4 Å². The second-order valence-electron chi connectivity index (χ2n) is 4.17. The molecule has 0 spiro atoms. The first kappa shape index (κ1) is 11.9. The maximum atomic E-state index is 12.4. The molecule has 0 saturated carbocycles. The van der Waals surface area contributed by atoms with Gasteiger partial charge < -0.3 is 16.0 Å². The normalized spacial score (nSPS) is 18.1. The van der Waals surface area contributed by atoms with E-state index in [0.717, 1.165) is 10.9 Å². The molecule has 3 rings (SSSR count). The Morgan fingerprint density at radius 3 is 2.79 bits per heavy atom. The van der Waals surface area contributed by atoms with Gasteiger partial charge in [0.1, 0.15) is 11.1 Å². The zero-order valence-corrected chi connectivity index (χ0v) is 10.7. The summed E-state index contributed by atoms with van der Waals surface area (Å²) >= 11 is 1.26. The summed E-state index contributed by atoms with van der Waals surface area (Å²) < 4.78 is 0. The maximum Gasteiger partial charge on any atom is 0.265 e. The van der Waals surface area contributed by atoms with Crippen molar-refractivity contribution in [3.05, 3.63) is 47.1 Å². The molecule has 0 radical (unpaired) electrons. The van der Waals surface area contributed by atoms with E-state index >= 15 is 0 Å². The van der Waals surface area contributed by atoms with E-state index in [2.05, 4.69) is 10.3 Å². The van der Waals surface area contributed by atoms with E-state index in [-0.39, 0.29) is 11.5 Å². The summed E-state index contributed by atoms with van der Waals surface area (Å²) in [6, 6.07) is 7.59. The highest BCUT2D eigenvalue weighted by atomic mass is 32.2. The van der Waals surface area contributed by atoms with E-state index in [1.165, 1.54) is 11.8 Å². The predicted octanol–water partition coefficient (Wildman–Crippen LogP) is 1.34. The first-order valence-electron chi connectivity index (χ1n) is 5.69. The first-order chi connectivity index (χ1) is 9.16. The van der Waals surface area contributed by atoms with E-state index in [4.69, 9.17) is 5.73 Å². The summed E-state index contributed by atoms with van der Waals surface area (Å²) in [5.41, 5.74) is 6.97. The van der Waals surface area contributed by atoms with Crippen LogP contribution in [0, 0.1) is 0 Å². The third-order valence-corrected chi connectivity index (χ3v) is 3.94. The van der Waals surface area contributed by atoms with Crippen molar-refractivity contribution in [3.63, 3.8) is 0 Å². The molecule has 2 heterocycles. The van der Waals surface area contributed by atoms with Crippen LogP contribution in [0.4, 0.5) is 0 Å². The minimum Gasteiger partial charge on any atom is -0.364 e. The molecule has 4 N–H and O–H groups in total. The Balaban J connectivity index is 1.88. The highest BCUT2D eigenvalue weighted by Crippen LogP contribution is 2.27. The third kappa shape index (κ3) is 2.00. The lowest BCUT2D eigenvalue weighted by Crippen LogP contribution is -2.33. The number of benzene rings is 1. The van der Waals surface area contributed by atoms with E-state index in [9.17, 15) is 9.59 Å². The van der Waals surface area contributed by atoms with Crippen LogP contribution < -0.4 is 11.1 Å². The quantitative estimate of drug-likeness (QED) is 0.736. The number of carbonyl (C=O) groups excluding carboxylic acids is 2. The van der Waals surface area contributed by atoms with Gasteiger partial charge in [-0.15, -0.1) is 0 Å². The molecule has 1 unspecified atom stereocenters. The number of para-hydroxylation sites is 1. The third-order valence-electron chi connectivity index (χ3n) is 2.97. The van der Waals surface area contributed by atoms with Gasteiger partial charge in [-0.25, -0.2) is 0 Å². The molecule has 1 aliphatic heterocycles. The highest BCUT2D eigenvalue weighted by Gasteiger charge is 2.28. The van der Waals surface area contributed by atoms with Crippen molar-refractivity contribution in [1.82, 2.24) is 10.3 Å². The Labute approximate surface area is 113 Å². The average Bonchev–Trinajstić information content (AvgIpc) is 3.05. The molecule has 6 heteroatoms. The molecule has 1 atom stereocenters. The van der Waals surface area contributed by atoms with Crippen LogP contribution in [0.15, 0.2) is 41.6 Å². The molecule has 5 nitrogen and oxygen atoms in total. The topological polar surface area (TPSA) is 88.0 Å². The fraction of sp³-hybridized carbons (Fsp3) is 0.0769. The number of hydrogen-bond acceptors (Lipinski definition) is 4. The van der Waals surface area contributed by atoms with Crippen molar-refractivity contribution in [1.29, 1.82) is 0 Å². The van der Waals surface area contributed by atoms with E-state index in [1.807, 2.05) is 24.3 Å². The molecular weight excluding hydrogens is 262 g/mol. The van der Waals surface area contributed by atoms with E-state index in [0.29, 0.717) is 5.56 Å². The molecule has 0 aliphatic carbocycles. The number of amides is 1. The lowest BCUT2D eigenvalue weighted by atomic mass is 10.1. The number of nitrogens with two attached hydrogens (primary N) is 1. The number of aromatic nitrogens is 1. The Hall–Kier alpha value is -2.21. The van der Waals surface area contributed by atoms with Gasteiger partial charge >= 0.3 is 0 Å². The molecular formula is C13H11N3O2S. The van der Waals surface area contributed by atoms with Crippen molar-refractivity contribution in [2.24, 2.45) is 5.73 Å². The Morgan fingerprint density at radius 2 is 2.05 bits per heavy atom. The molecule has 1 aliphatic rings. The van der Waals surface area contributed by atoms with Gasteiger partial charge in [0.25, 0.3) is 5.91 Å². The number of aromatic amines is 1. The summed E-state index contributed by atoms with van der Waals surface area (Å²) in [6.07, 6.45) is 1.69. The molecule has 96 valence electrons. The molecule has 1 amide bonds. The standard InChI is InChI=1S/C13H11N3O2S/c14-12(18)10-6-19-13(16-10)11(17)8-5-15-9-4-2-1-3-7(8)9/h1-6,13,15-16H,(H2,14,18). The first-order valence-corrected chi connectivity index (χ1v) is 6.63. The van der Waals surface area contributed by atoms with Gasteiger partial charge in [0.15, 0.2) is 5.78 Å². The van der Waals surface area contributed by atoms with Gasteiger partial charge in [0.2, 0.25) is 0 Å². The lowest BCUT2D eigenvalue weighted by molar-refractivity contribution is -0.114. The van der Waals surface area contributed by atoms with E-state index in [1.54, 1.807) is 11.6 Å². The molecule has 0 saturated heterocycles. The molecule has 19 heavy (non-hydrogen) atoms. The number of H-pyrrole nitrogens is 1. The zero-order valence-electron chi connectivity index (χ0n) is 9.84. The van der Waals surface area contributed by atoms with Crippen LogP contribution in [0.25, 0.3) is 10.9 Å². The average molecular weight is 273 g/mol. The molecule has 1 aromatic heterocycles. The van der Waals surface area contributed by atoms with Crippen molar-refractivity contribution >= 4 is 34.4 Å². The van der Waals surface area contributed by atoms with Gasteiger partial charge in [0, 0.05) is 28.1 Å². The van der Waals surface area contributed by atoms with Crippen LogP contribution in [0.3, 0.4) is 0 Å². The van der Waals surface area contributed by atoms with Crippen LogP contribution in [-0.2, 0) is 4.79 Å².